The van der Waals surface area contributed by atoms with Crippen molar-refractivity contribution in [2.45, 2.75) is 31.6 Å². The van der Waals surface area contributed by atoms with Crippen molar-refractivity contribution in [2.75, 3.05) is 26.3 Å². The highest BCUT2D eigenvalue weighted by atomic mass is 16.5. The summed E-state index contributed by atoms with van der Waals surface area (Å²) in [5, 5.41) is 8.08. The lowest BCUT2D eigenvalue weighted by Gasteiger charge is -2.21. The summed E-state index contributed by atoms with van der Waals surface area (Å²) in [5.41, 5.74) is 0.429. The van der Waals surface area contributed by atoms with E-state index in [0.29, 0.717) is 17.4 Å². The maximum Gasteiger partial charge on any atom is 0.276 e. The van der Waals surface area contributed by atoms with E-state index in [1.807, 2.05) is 0 Å². The van der Waals surface area contributed by atoms with E-state index >= 15 is 0 Å². The van der Waals surface area contributed by atoms with Crippen LogP contribution in [0.5, 0.6) is 0 Å². The first-order valence-electron chi connectivity index (χ1n) is 8.00. The lowest BCUT2D eigenvalue weighted by Crippen LogP contribution is -2.23. The third-order valence-corrected chi connectivity index (χ3v) is 4.90. The van der Waals surface area contributed by atoms with Crippen LogP contribution in [0.4, 0.5) is 0 Å². The predicted molar refractivity (Wildman–Crippen MR) is 81.2 cm³/mol. The lowest BCUT2D eigenvalue weighted by molar-refractivity contribution is 0.0832. The average Bonchev–Trinajstić information content (AvgIpc) is 3.14. The van der Waals surface area contributed by atoms with E-state index in [9.17, 15) is 4.79 Å². The molecule has 0 radical (unpaired) electrons. The van der Waals surface area contributed by atoms with Crippen molar-refractivity contribution in [3.8, 4) is 0 Å². The Hall–Kier alpha value is -1.73. The minimum Gasteiger partial charge on any atom is -0.381 e. The molecule has 0 unspecified atom stereocenters. The average molecular weight is 303 g/mol. The Bertz CT molecular complexity index is 731. The summed E-state index contributed by atoms with van der Waals surface area (Å²) in [6.07, 6.45) is 3.51. The normalized spacial score (nSPS) is 26.8. The van der Waals surface area contributed by atoms with Crippen LogP contribution in [-0.4, -0.2) is 45.9 Å². The molecule has 0 spiro atoms. The van der Waals surface area contributed by atoms with E-state index < -0.39 is 0 Å². The van der Waals surface area contributed by atoms with Crippen molar-refractivity contribution in [1.29, 1.82) is 0 Å². The highest BCUT2D eigenvalue weighted by Gasteiger charge is 2.28. The van der Waals surface area contributed by atoms with E-state index in [2.05, 4.69) is 22.2 Å². The van der Waals surface area contributed by atoms with Gasteiger partial charge in [0.25, 0.3) is 5.56 Å². The topological polar surface area (TPSA) is 84.3 Å². The van der Waals surface area contributed by atoms with Gasteiger partial charge in [0.05, 0.1) is 6.20 Å². The van der Waals surface area contributed by atoms with Gasteiger partial charge in [-0.3, -0.25) is 4.79 Å². The monoisotopic (exact) mass is 303 g/mol. The molecule has 2 saturated heterocycles. The van der Waals surface area contributed by atoms with Crippen molar-refractivity contribution in [1.82, 2.24) is 24.9 Å². The Morgan fingerprint density at radius 2 is 2.14 bits per heavy atom. The van der Waals surface area contributed by atoms with E-state index in [4.69, 9.17) is 9.84 Å². The molecule has 22 heavy (non-hydrogen) atoms. The summed E-state index contributed by atoms with van der Waals surface area (Å²) in [7, 11) is 0. The number of hydrogen-bond acceptors (Lipinski definition) is 5. The zero-order chi connectivity index (χ0) is 15.1. The molecule has 2 aromatic rings. The second kappa shape index (κ2) is 5.48. The third-order valence-electron chi connectivity index (χ3n) is 4.90. The zero-order valence-corrected chi connectivity index (χ0v) is 12.7. The number of fused-ring (bicyclic) bond motifs is 1. The Balaban J connectivity index is 1.79. The number of H-pyrrole nitrogens is 1. The molecule has 0 saturated carbocycles. The number of rotatable bonds is 2. The molecule has 2 N–H and O–H groups in total. The number of hydrogen-bond donors (Lipinski definition) is 2. The van der Waals surface area contributed by atoms with Crippen LogP contribution in [0.1, 0.15) is 43.3 Å². The van der Waals surface area contributed by atoms with Crippen LogP contribution in [-0.2, 0) is 4.74 Å². The molecule has 0 bridgehead atoms. The lowest BCUT2D eigenvalue weighted by atomic mass is 9.97. The second-order valence-corrected chi connectivity index (χ2v) is 6.38. The Morgan fingerprint density at radius 1 is 1.32 bits per heavy atom. The van der Waals surface area contributed by atoms with Crippen LogP contribution in [0, 0.1) is 5.92 Å². The van der Waals surface area contributed by atoms with Crippen LogP contribution in [0.2, 0.25) is 0 Å². The fraction of sp³-hybridized carbons (Fsp3) is 0.667. The van der Waals surface area contributed by atoms with Crippen LogP contribution in [0.25, 0.3) is 5.52 Å². The maximum absolute atomic E-state index is 12.4. The fourth-order valence-electron chi connectivity index (χ4n) is 3.51. The molecule has 2 atom stereocenters. The van der Waals surface area contributed by atoms with Gasteiger partial charge in [-0.15, -0.1) is 0 Å². The third kappa shape index (κ3) is 2.24. The van der Waals surface area contributed by atoms with Crippen molar-refractivity contribution >= 4 is 5.52 Å². The number of nitrogens with one attached hydrogen (secondary N) is 2. The number of aromatic amines is 1. The van der Waals surface area contributed by atoms with Crippen molar-refractivity contribution < 1.29 is 4.74 Å². The van der Waals surface area contributed by atoms with Crippen molar-refractivity contribution in [3.05, 3.63) is 28.2 Å². The summed E-state index contributed by atoms with van der Waals surface area (Å²) < 4.78 is 7.18. The summed E-state index contributed by atoms with van der Waals surface area (Å²) >= 11 is 0. The summed E-state index contributed by atoms with van der Waals surface area (Å²) in [5.74, 6) is 2.70. The molecule has 7 nitrogen and oxygen atoms in total. The van der Waals surface area contributed by atoms with E-state index in [-0.39, 0.29) is 11.5 Å². The van der Waals surface area contributed by atoms with Gasteiger partial charge in [-0.25, -0.2) is 9.50 Å². The Morgan fingerprint density at radius 3 is 2.86 bits per heavy atom. The van der Waals surface area contributed by atoms with E-state index in [1.165, 1.54) is 0 Å². The van der Waals surface area contributed by atoms with Gasteiger partial charge >= 0.3 is 0 Å². The van der Waals surface area contributed by atoms with Crippen LogP contribution < -0.4 is 10.9 Å². The molecule has 118 valence electrons. The van der Waals surface area contributed by atoms with Gasteiger partial charge in [0.2, 0.25) is 0 Å². The molecule has 4 heterocycles. The Kier molecular flexibility index (Phi) is 3.46. The molecule has 2 aliphatic heterocycles. The van der Waals surface area contributed by atoms with Crippen LogP contribution in [0.15, 0.2) is 11.0 Å². The van der Waals surface area contributed by atoms with Gasteiger partial charge in [-0.2, -0.15) is 5.10 Å². The van der Waals surface area contributed by atoms with Crippen LogP contribution >= 0.6 is 0 Å². The van der Waals surface area contributed by atoms with Gasteiger partial charge in [0, 0.05) is 31.6 Å². The molecular weight excluding hydrogens is 282 g/mol. The molecule has 4 rings (SSSR count). The number of aromatic nitrogens is 4. The van der Waals surface area contributed by atoms with Gasteiger partial charge in [0.1, 0.15) is 11.6 Å². The van der Waals surface area contributed by atoms with Crippen LogP contribution in [0.3, 0.4) is 0 Å². The summed E-state index contributed by atoms with van der Waals surface area (Å²) in [6.45, 7) is 5.50. The first-order chi connectivity index (χ1) is 10.7. The summed E-state index contributed by atoms with van der Waals surface area (Å²) in [6, 6.07) is 0. The smallest absolute Gasteiger partial charge is 0.276 e. The van der Waals surface area contributed by atoms with Crippen molar-refractivity contribution in [2.24, 2.45) is 5.92 Å². The highest BCUT2D eigenvalue weighted by molar-refractivity contribution is 5.42. The molecule has 2 fully saturated rings. The second-order valence-electron chi connectivity index (χ2n) is 6.38. The number of ether oxygens (including phenoxy) is 1. The van der Waals surface area contributed by atoms with Gasteiger partial charge in [0.15, 0.2) is 5.52 Å². The molecular formula is C15H21N5O2. The SMILES string of the molecule is C[C@@H]1CNC[C@H]1c1nn2c(C3CCOCC3)ncc2c(=O)[nH]1. The standard InChI is InChI=1S/C15H21N5O2/c1-9-6-16-7-11(9)13-18-15(21)12-8-17-14(20(12)19-13)10-2-4-22-5-3-10/h8-11,16H,2-7H2,1H3,(H,18,19,21)/t9-,11-/m1/s1. The highest BCUT2D eigenvalue weighted by Crippen LogP contribution is 2.27. The largest absolute Gasteiger partial charge is 0.381 e. The first-order valence-corrected chi connectivity index (χ1v) is 8.00. The Labute approximate surface area is 128 Å². The molecule has 2 aliphatic rings. The van der Waals surface area contributed by atoms with Gasteiger partial charge in [-0.05, 0) is 25.3 Å². The minimum atomic E-state index is -0.102. The van der Waals surface area contributed by atoms with E-state index in [0.717, 1.165) is 50.8 Å². The maximum atomic E-state index is 12.4. The zero-order valence-electron chi connectivity index (χ0n) is 12.7. The number of imidazole rings is 1. The molecule has 2 aromatic heterocycles. The molecule has 0 aromatic carbocycles. The first kappa shape index (κ1) is 13.9. The van der Waals surface area contributed by atoms with Gasteiger partial charge < -0.3 is 15.0 Å². The predicted octanol–water partition coefficient (Wildman–Crippen LogP) is 0.634. The van der Waals surface area contributed by atoms with Gasteiger partial charge in [-0.1, -0.05) is 6.92 Å². The molecule has 0 aliphatic carbocycles. The molecule has 7 heteroatoms. The fourth-order valence-corrected chi connectivity index (χ4v) is 3.51. The number of nitrogens with zero attached hydrogens (tertiary/aromatic N) is 3. The quantitative estimate of drug-likeness (QED) is 0.850. The summed E-state index contributed by atoms with van der Waals surface area (Å²) in [4.78, 5) is 19.8. The van der Waals surface area contributed by atoms with Crippen molar-refractivity contribution in [3.63, 3.8) is 0 Å². The molecule has 0 amide bonds. The van der Waals surface area contributed by atoms with E-state index in [1.54, 1.807) is 10.7 Å². The minimum absolute atomic E-state index is 0.102.